The lowest BCUT2D eigenvalue weighted by atomic mass is 9.94. The van der Waals surface area contributed by atoms with E-state index in [0.717, 1.165) is 5.56 Å². The number of para-hydroxylation sites is 1. The van der Waals surface area contributed by atoms with Gasteiger partial charge in [-0.05, 0) is 68.8 Å². The van der Waals surface area contributed by atoms with Crippen LogP contribution in [0.25, 0.3) is 6.08 Å². The quantitative estimate of drug-likeness (QED) is 0.254. The smallest absolute Gasteiger partial charge is 0.271 e. The number of methoxy groups -OCH3 is 1. The minimum Gasteiger partial charge on any atom is -0.496 e. The summed E-state index contributed by atoms with van der Waals surface area (Å²) in [6.07, 6.45) is 1.74. The maximum Gasteiger partial charge on any atom is 0.271 e. The molecule has 1 aliphatic heterocycles. The molecule has 10 heteroatoms. The van der Waals surface area contributed by atoms with Crippen LogP contribution in [0.3, 0.4) is 0 Å². The first-order valence-corrected chi connectivity index (χ1v) is 15.3. The maximum absolute atomic E-state index is 14.2. The number of aromatic nitrogens is 1. The van der Waals surface area contributed by atoms with Gasteiger partial charge in [0.05, 0.1) is 34.5 Å². The van der Waals surface area contributed by atoms with Gasteiger partial charge < -0.3 is 14.4 Å². The van der Waals surface area contributed by atoms with E-state index in [0.29, 0.717) is 66.9 Å². The SMILES string of the molecule is CCN(CC)C(=O)C1=C(C)N=c2s/c(=C/c3cc(Cl)ccc3OCc3ccc(C#N)cc3)c(=O)n2[C@H]1c1ccccc1OC. The number of fused-ring (bicyclic) bond motifs is 1. The zero-order valence-corrected chi connectivity index (χ0v) is 26.4. The molecule has 2 heterocycles. The van der Waals surface area contributed by atoms with Gasteiger partial charge in [-0.15, -0.1) is 0 Å². The van der Waals surface area contributed by atoms with Crippen LogP contribution in [0, 0.1) is 11.3 Å². The average molecular weight is 627 g/mol. The molecule has 0 radical (unpaired) electrons. The van der Waals surface area contributed by atoms with Gasteiger partial charge in [0.15, 0.2) is 4.80 Å². The molecule has 0 fully saturated rings. The zero-order chi connectivity index (χ0) is 31.4. The van der Waals surface area contributed by atoms with Crippen LogP contribution in [0.15, 0.2) is 87.8 Å². The lowest BCUT2D eigenvalue weighted by Crippen LogP contribution is -2.43. The predicted molar refractivity (Wildman–Crippen MR) is 172 cm³/mol. The fourth-order valence-corrected chi connectivity index (χ4v) is 6.42. The second kappa shape index (κ2) is 13.3. The molecule has 44 heavy (non-hydrogen) atoms. The molecule has 5 rings (SSSR count). The highest BCUT2D eigenvalue weighted by Gasteiger charge is 2.35. The lowest BCUT2D eigenvalue weighted by Gasteiger charge is -2.29. The van der Waals surface area contributed by atoms with E-state index >= 15 is 0 Å². The number of benzene rings is 3. The summed E-state index contributed by atoms with van der Waals surface area (Å²) in [4.78, 5) is 35.1. The molecule has 0 spiro atoms. The van der Waals surface area contributed by atoms with Crippen LogP contribution in [0.5, 0.6) is 11.5 Å². The molecule has 8 nitrogen and oxygen atoms in total. The molecule has 1 amide bonds. The molecule has 0 aliphatic carbocycles. The highest BCUT2D eigenvalue weighted by Crippen LogP contribution is 2.36. The molecule has 0 saturated heterocycles. The van der Waals surface area contributed by atoms with E-state index in [2.05, 4.69) is 6.07 Å². The van der Waals surface area contributed by atoms with Crippen molar-refractivity contribution in [1.29, 1.82) is 5.26 Å². The molecule has 0 unspecified atom stereocenters. The number of carbonyl (C=O) groups excluding carboxylic acids is 1. The number of likely N-dealkylation sites (N-methyl/N-ethyl adjacent to an activating group) is 1. The summed E-state index contributed by atoms with van der Waals surface area (Å²) in [5.74, 6) is 0.939. The van der Waals surface area contributed by atoms with E-state index in [1.165, 1.54) is 11.3 Å². The maximum atomic E-state index is 14.2. The minimum absolute atomic E-state index is 0.172. The van der Waals surface area contributed by atoms with Gasteiger partial charge in [0.1, 0.15) is 24.1 Å². The first-order valence-electron chi connectivity index (χ1n) is 14.2. The number of hydrogen-bond acceptors (Lipinski definition) is 7. The minimum atomic E-state index is -0.732. The number of nitriles is 1. The van der Waals surface area contributed by atoms with E-state index < -0.39 is 6.04 Å². The van der Waals surface area contributed by atoms with Crippen molar-refractivity contribution in [2.24, 2.45) is 4.99 Å². The van der Waals surface area contributed by atoms with Crippen LogP contribution in [0.1, 0.15) is 49.1 Å². The Morgan fingerprint density at radius 1 is 1.11 bits per heavy atom. The van der Waals surface area contributed by atoms with Crippen molar-refractivity contribution in [3.05, 3.63) is 125 Å². The standard InChI is InChI=1S/C34H31ClN4O4S/c1-5-38(6-2)33(41)30-21(3)37-34-39(31(30)26-9-7-8-10-28(26)42-4)32(40)29(44-34)18-24-17-25(35)15-16-27(24)43-20-23-13-11-22(19-36)12-14-23/h7-18,31H,5-6,20H2,1-4H3/b29-18+/t31-/m0/s1. The number of thiazole rings is 1. The number of hydrogen-bond donors (Lipinski definition) is 0. The largest absolute Gasteiger partial charge is 0.496 e. The van der Waals surface area contributed by atoms with Crippen molar-refractivity contribution in [3.63, 3.8) is 0 Å². The fourth-order valence-electron chi connectivity index (χ4n) is 5.20. The van der Waals surface area contributed by atoms with Crippen molar-refractivity contribution < 1.29 is 14.3 Å². The molecular weight excluding hydrogens is 596 g/mol. The Kier molecular flexibility index (Phi) is 9.33. The molecular formula is C34H31ClN4O4S. The highest BCUT2D eigenvalue weighted by molar-refractivity contribution is 7.07. The topological polar surface area (TPSA) is 96.9 Å². The molecule has 1 aliphatic rings. The number of allylic oxidation sites excluding steroid dienone is 1. The molecule has 1 aromatic heterocycles. The van der Waals surface area contributed by atoms with Gasteiger partial charge in [0.25, 0.3) is 11.5 Å². The first kappa shape index (κ1) is 30.8. The lowest BCUT2D eigenvalue weighted by molar-refractivity contribution is -0.127. The van der Waals surface area contributed by atoms with Gasteiger partial charge in [-0.25, -0.2) is 4.99 Å². The number of rotatable bonds is 9. The van der Waals surface area contributed by atoms with Gasteiger partial charge in [0, 0.05) is 29.2 Å². The Balaban J connectivity index is 1.63. The molecule has 0 N–H and O–H groups in total. The van der Waals surface area contributed by atoms with E-state index in [1.807, 2.05) is 57.2 Å². The summed E-state index contributed by atoms with van der Waals surface area (Å²) in [5.41, 5.74) is 3.48. The van der Waals surface area contributed by atoms with Gasteiger partial charge in [-0.2, -0.15) is 5.26 Å². The molecule has 0 bridgehead atoms. The van der Waals surface area contributed by atoms with Gasteiger partial charge in [-0.3, -0.25) is 14.2 Å². The van der Waals surface area contributed by atoms with E-state index in [4.69, 9.17) is 31.3 Å². The third kappa shape index (κ3) is 6.05. The third-order valence-electron chi connectivity index (χ3n) is 7.47. The number of nitrogens with zero attached hydrogens (tertiary/aromatic N) is 4. The van der Waals surface area contributed by atoms with E-state index in [-0.39, 0.29) is 18.1 Å². The van der Waals surface area contributed by atoms with Crippen molar-refractivity contribution in [1.82, 2.24) is 9.47 Å². The summed E-state index contributed by atoms with van der Waals surface area (Å²) in [6, 6.07) is 21.2. The van der Waals surface area contributed by atoms with Crippen molar-refractivity contribution in [2.75, 3.05) is 20.2 Å². The Morgan fingerprint density at radius 2 is 1.84 bits per heavy atom. The zero-order valence-electron chi connectivity index (χ0n) is 24.8. The predicted octanol–water partition coefficient (Wildman–Crippen LogP) is 5.22. The summed E-state index contributed by atoms with van der Waals surface area (Å²) in [7, 11) is 1.57. The third-order valence-corrected chi connectivity index (χ3v) is 8.69. The Bertz CT molecular complexity index is 1970. The summed E-state index contributed by atoms with van der Waals surface area (Å²) in [6.45, 7) is 6.97. The van der Waals surface area contributed by atoms with Crippen LogP contribution in [-0.2, 0) is 11.4 Å². The number of ether oxygens (including phenoxy) is 2. The van der Waals surface area contributed by atoms with Crippen molar-refractivity contribution in [3.8, 4) is 17.6 Å². The summed E-state index contributed by atoms with van der Waals surface area (Å²) in [5, 5.41) is 9.56. The van der Waals surface area contributed by atoms with Gasteiger partial charge in [0.2, 0.25) is 0 Å². The number of halogens is 1. The average Bonchev–Trinajstić information content (AvgIpc) is 3.34. The molecule has 224 valence electrons. The Morgan fingerprint density at radius 3 is 2.52 bits per heavy atom. The molecule has 3 aromatic carbocycles. The van der Waals surface area contributed by atoms with Crippen LogP contribution in [0.4, 0.5) is 0 Å². The molecule has 1 atom stereocenters. The second-order valence-electron chi connectivity index (χ2n) is 10.1. The number of amides is 1. The van der Waals surface area contributed by atoms with Crippen LogP contribution >= 0.6 is 22.9 Å². The van der Waals surface area contributed by atoms with Gasteiger partial charge >= 0.3 is 0 Å². The summed E-state index contributed by atoms with van der Waals surface area (Å²) >= 11 is 7.61. The second-order valence-corrected chi connectivity index (χ2v) is 11.5. The van der Waals surface area contributed by atoms with Crippen molar-refractivity contribution >= 4 is 34.9 Å². The van der Waals surface area contributed by atoms with Crippen molar-refractivity contribution in [2.45, 2.75) is 33.4 Å². The fraction of sp³-hybridized carbons (Fsp3) is 0.235. The van der Waals surface area contributed by atoms with Crippen LogP contribution in [0.2, 0.25) is 5.02 Å². The molecule has 4 aromatic rings. The Labute approximate surface area is 264 Å². The van der Waals surface area contributed by atoms with Crippen LogP contribution < -0.4 is 24.4 Å². The summed E-state index contributed by atoms with van der Waals surface area (Å²) < 4.78 is 13.8. The normalized spacial score (nSPS) is 14.5. The molecule has 0 saturated carbocycles. The Hall–Kier alpha value is -4.65. The number of carbonyl (C=O) groups is 1. The van der Waals surface area contributed by atoms with E-state index in [9.17, 15) is 9.59 Å². The van der Waals surface area contributed by atoms with E-state index in [1.54, 1.807) is 53.0 Å². The van der Waals surface area contributed by atoms with Gasteiger partial charge in [-0.1, -0.05) is 53.3 Å². The highest BCUT2D eigenvalue weighted by atomic mass is 35.5. The monoisotopic (exact) mass is 626 g/mol. The first-order chi connectivity index (χ1) is 21.3. The van der Waals surface area contributed by atoms with Crippen LogP contribution in [-0.4, -0.2) is 35.6 Å².